The van der Waals surface area contributed by atoms with Gasteiger partial charge >= 0.3 is 12.1 Å². The van der Waals surface area contributed by atoms with Crippen LogP contribution >= 0.6 is 0 Å². The Bertz CT molecular complexity index is 875. The minimum atomic E-state index is -0.827. The Labute approximate surface area is 182 Å². The maximum absolute atomic E-state index is 12.2. The number of carbonyl (C=O) groups is 3. The molecule has 0 aromatic heterocycles. The fourth-order valence-corrected chi connectivity index (χ4v) is 3.46. The van der Waals surface area contributed by atoms with Gasteiger partial charge in [-0.2, -0.15) is 0 Å². The fraction of sp³-hybridized carbons (Fsp3) is 0.500. The smallest absolute Gasteiger partial charge is 0.414 e. The molecule has 2 atom stereocenters. The Morgan fingerprint density at radius 1 is 1.29 bits per heavy atom. The summed E-state index contributed by atoms with van der Waals surface area (Å²) in [5.74, 6) is -0.608. The number of nitrogens with zero attached hydrogens (tertiary/aromatic N) is 2. The van der Waals surface area contributed by atoms with Gasteiger partial charge in [0, 0.05) is 25.7 Å². The zero-order valence-corrected chi connectivity index (χ0v) is 18.4. The third kappa shape index (κ3) is 5.83. The predicted molar refractivity (Wildman–Crippen MR) is 116 cm³/mol. The molecule has 0 unspecified atom stereocenters. The third-order valence-corrected chi connectivity index (χ3v) is 4.99. The van der Waals surface area contributed by atoms with E-state index in [1.807, 2.05) is 56.0 Å². The summed E-state index contributed by atoms with van der Waals surface area (Å²) in [4.78, 5) is 38.9. The van der Waals surface area contributed by atoms with E-state index in [4.69, 9.17) is 15.2 Å². The Morgan fingerprint density at radius 3 is 2.58 bits per heavy atom. The summed E-state index contributed by atoms with van der Waals surface area (Å²) in [6.07, 6.45) is 0.397. The number of anilines is 1. The number of cyclic esters (lactones) is 1. The zero-order chi connectivity index (χ0) is 22.8. The SMILES string of the molecule is CC(=O)NC[C@H]1CN(c2ccc(C3=CCN([C@H](N)C(=O)OC(C)(C)C)C3)cc2)C(=O)O1. The molecule has 2 aliphatic heterocycles. The minimum Gasteiger partial charge on any atom is -0.458 e. The molecule has 0 radical (unpaired) electrons. The molecule has 9 nitrogen and oxygen atoms in total. The normalized spacial score (nSPS) is 20.3. The van der Waals surface area contributed by atoms with Crippen LogP contribution in [0, 0.1) is 0 Å². The van der Waals surface area contributed by atoms with E-state index < -0.39 is 23.8 Å². The molecule has 1 aromatic rings. The highest BCUT2D eigenvalue weighted by atomic mass is 16.6. The van der Waals surface area contributed by atoms with Crippen molar-refractivity contribution < 1.29 is 23.9 Å². The number of ether oxygens (including phenoxy) is 2. The van der Waals surface area contributed by atoms with Crippen LogP contribution in [0.25, 0.3) is 5.57 Å². The molecule has 2 heterocycles. The van der Waals surface area contributed by atoms with Crippen LogP contribution < -0.4 is 16.0 Å². The molecule has 1 saturated heterocycles. The van der Waals surface area contributed by atoms with Crippen LogP contribution in [0.4, 0.5) is 10.5 Å². The second kappa shape index (κ2) is 9.07. The first-order chi connectivity index (χ1) is 14.5. The van der Waals surface area contributed by atoms with Gasteiger partial charge in [0.2, 0.25) is 5.91 Å². The topological polar surface area (TPSA) is 114 Å². The molecule has 0 bridgehead atoms. The number of nitrogens with one attached hydrogen (secondary N) is 1. The lowest BCUT2D eigenvalue weighted by Crippen LogP contribution is -2.49. The number of rotatable bonds is 6. The number of nitrogens with two attached hydrogens (primary N) is 1. The van der Waals surface area contributed by atoms with Crippen molar-refractivity contribution >= 4 is 29.2 Å². The third-order valence-electron chi connectivity index (χ3n) is 4.99. The van der Waals surface area contributed by atoms with Crippen LogP contribution in [0.2, 0.25) is 0 Å². The van der Waals surface area contributed by atoms with Gasteiger partial charge < -0.3 is 20.5 Å². The quantitative estimate of drug-likeness (QED) is 0.657. The molecule has 31 heavy (non-hydrogen) atoms. The summed E-state index contributed by atoms with van der Waals surface area (Å²) in [5, 5.41) is 2.66. The standard InChI is InChI=1S/C22H30N4O5/c1-14(27)24-11-18-13-26(21(29)30-18)17-7-5-15(6-8-17)16-9-10-25(12-16)19(23)20(28)31-22(2,3)4/h5-9,18-19H,10-13,23H2,1-4H3,(H,24,27)/t18-,19-/m0/s1. The van der Waals surface area contributed by atoms with Crippen molar-refractivity contribution in [3.63, 3.8) is 0 Å². The van der Waals surface area contributed by atoms with Crippen LogP contribution in [0.5, 0.6) is 0 Å². The largest absolute Gasteiger partial charge is 0.458 e. The summed E-state index contributed by atoms with van der Waals surface area (Å²) in [6.45, 7) is 8.61. The van der Waals surface area contributed by atoms with E-state index in [0.717, 1.165) is 16.8 Å². The van der Waals surface area contributed by atoms with Gasteiger partial charge in [-0.25, -0.2) is 9.59 Å². The molecular weight excluding hydrogens is 400 g/mol. The van der Waals surface area contributed by atoms with Crippen molar-refractivity contribution in [2.24, 2.45) is 5.73 Å². The zero-order valence-electron chi connectivity index (χ0n) is 18.4. The second-order valence-electron chi connectivity index (χ2n) is 8.74. The van der Waals surface area contributed by atoms with Crippen LogP contribution in [0.1, 0.15) is 33.3 Å². The maximum Gasteiger partial charge on any atom is 0.414 e. The van der Waals surface area contributed by atoms with Gasteiger partial charge in [-0.1, -0.05) is 18.2 Å². The number of hydrogen-bond donors (Lipinski definition) is 2. The van der Waals surface area contributed by atoms with E-state index in [1.165, 1.54) is 6.92 Å². The van der Waals surface area contributed by atoms with Gasteiger partial charge in [0.05, 0.1) is 13.1 Å². The van der Waals surface area contributed by atoms with Crippen molar-refractivity contribution in [2.75, 3.05) is 31.1 Å². The van der Waals surface area contributed by atoms with Crippen LogP contribution in [0.15, 0.2) is 30.3 Å². The van der Waals surface area contributed by atoms with E-state index in [2.05, 4.69) is 5.32 Å². The Balaban J connectivity index is 1.58. The van der Waals surface area contributed by atoms with Crippen LogP contribution in [-0.4, -0.2) is 66.9 Å². The number of esters is 1. The van der Waals surface area contributed by atoms with Gasteiger partial charge in [-0.05, 0) is 44.0 Å². The van der Waals surface area contributed by atoms with E-state index in [-0.39, 0.29) is 18.6 Å². The van der Waals surface area contributed by atoms with Gasteiger partial charge in [0.1, 0.15) is 11.7 Å². The monoisotopic (exact) mass is 430 g/mol. The predicted octanol–water partition coefficient (Wildman–Crippen LogP) is 1.47. The first-order valence-corrected chi connectivity index (χ1v) is 10.3. The molecule has 2 aliphatic rings. The Morgan fingerprint density at radius 2 is 1.97 bits per heavy atom. The van der Waals surface area contributed by atoms with Crippen LogP contribution in [-0.2, 0) is 19.1 Å². The molecule has 3 N–H and O–H groups in total. The average Bonchev–Trinajstić information content (AvgIpc) is 3.31. The van der Waals surface area contributed by atoms with Crippen molar-refractivity contribution in [3.05, 3.63) is 35.9 Å². The lowest BCUT2D eigenvalue weighted by Gasteiger charge is -2.27. The fourth-order valence-electron chi connectivity index (χ4n) is 3.46. The van der Waals surface area contributed by atoms with E-state index >= 15 is 0 Å². The number of benzene rings is 1. The van der Waals surface area contributed by atoms with Gasteiger partial charge in [-0.15, -0.1) is 0 Å². The van der Waals surface area contributed by atoms with Crippen molar-refractivity contribution in [1.82, 2.24) is 10.2 Å². The number of carbonyl (C=O) groups excluding carboxylic acids is 3. The first kappa shape index (κ1) is 22.8. The summed E-state index contributed by atoms with van der Waals surface area (Å²) in [5.41, 5.74) is 8.26. The molecule has 168 valence electrons. The highest BCUT2D eigenvalue weighted by molar-refractivity contribution is 5.90. The molecule has 2 amide bonds. The lowest BCUT2D eigenvalue weighted by molar-refractivity contribution is -0.160. The Kier molecular flexibility index (Phi) is 6.66. The molecule has 3 rings (SSSR count). The summed E-state index contributed by atoms with van der Waals surface area (Å²) in [7, 11) is 0. The van der Waals surface area contributed by atoms with Crippen molar-refractivity contribution in [2.45, 2.75) is 45.6 Å². The summed E-state index contributed by atoms with van der Waals surface area (Å²) in [6, 6.07) is 7.57. The maximum atomic E-state index is 12.2. The molecule has 0 spiro atoms. The molecular formula is C22H30N4O5. The Hall–Kier alpha value is -2.91. The highest BCUT2D eigenvalue weighted by Crippen LogP contribution is 2.27. The second-order valence-corrected chi connectivity index (χ2v) is 8.74. The molecule has 9 heteroatoms. The van der Waals surface area contributed by atoms with E-state index in [0.29, 0.717) is 19.6 Å². The number of amides is 2. The highest BCUT2D eigenvalue weighted by Gasteiger charge is 2.33. The van der Waals surface area contributed by atoms with E-state index in [9.17, 15) is 14.4 Å². The molecule has 0 saturated carbocycles. The van der Waals surface area contributed by atoms with Gasteiger partial charge in [-0.3, -0.25) is 14.6 Å². The lowest BCUT2D eigenvalue weighted by atomic mass is 10.1. The van der Waals surface area contributed by atoms with Crippen molar-refractivity contribution in [1.29, 1.82) is 0 Å². The summed E-state index contributed by atoms with van der Waals surface area (Å²) >= 11 is 0. The van der Waals surface area contributed by atoms with E-state index in [1.54, 1.807) is 4.90 Å². The molecule has 1 aromatic carbocycles. The molecule has 0 aliphatic carbocycles. The average molecular weight is 431 g/mol. The minimum absolute atomic E-state index is 0.163. The summed E-state index contributed by atoms with van der Waals surface area (Å²) < 4.78 is 10.7. The van der Waals surface area contributed by atoms with Gasteiger partial charge in [0.25, 0.3) is 0 Å². The number of hydrogen-bond acceptors (Lipinski definition) is 7. The van der Waals surface area contributed by atoms with Crippen molar-refractivity contribution in [3.8, 4) is 0 Å². The van der Waals surface area contributed by atoms with Crippen LogP contribution in [0.3, 0.4) is 0 Å². The molecule has 1 fully saturated rings. The van der Waals surface area contributed by atoms with Gasteiger partial charge in [0.15, 0.2) is 6.17 Å². The first-order valence-electron chi connectivity index (χ1n) is 10.3.